The summed E-state index contributed by atoms with van der Waals surface area (Å²) >= 11 is 0. The third-order valence-corrected chi connectivity index (χ3v) is 3.31. The van der Waals surface area contributed by atoms with E-state index >= 15 is 0 Å². The van der Waals surface area contributed by atoms with Gasteiger partial charge in [-0.1, -0.05) is 6.92 Å². The standard InChI is InChI=1S/C15H20N2O3/c1-3-12(4-5-16)17-10-11-8-13(18-2)15-14(9-11)19-6-7-20-15/h8-9,12,17H,3-4,6-7,10H2,1-2H3. The molecular formula is C15H20N2O3. The maximum Gasteiger partial charge on any atom is 0.203 e. The summed E-state index contributed by atoms with van der Waals surface area (Å²) in [7, 11) is 1.62. The molecule has 0 saturated carbocycles. The van der Waals surface area contributed by atoms with Crippen LogP contribution in [0.1, 0.15) is 25.3 Å². The fourth-order valence-electron chi connectivity index (χ4n) is 2.16. The minimum Gasteiger partial charge on any atom is -0.493 e. The molecule has 0 amide bonds. The van der Waals surface area contributed by atoms with E-state index in [9.17, 15) is 0 Å². The molecular weight excluding hydrogens is 256 g/mol. The van der Waals surface area contributed by atoms with Crippen LogP contribution >= 0.6 is 0 Å². The van der Waals surface area contributed by atoms with E-state index in [1.165, 1.54) is 0 Å². The first kappa shape index (κ1) is 14.5. The molecule has 0 spiro atoms. The largest absolute Gasteiger partial charge is 0.493 e. The van der Waals surface area contributed by atoms with Crippen LogP contribution in [0.2, 0.25) is 0 Å². The van der Waals surface area contributed by atoms with Crippen molar-refractivity contribution in [3.8, 4) is 23.3 Å². The van der Waals surface area contributed by atoms with Gasteiger partial charge in [0.15, 0.2) is 11.5 Å². The molecule has 0 saturated heterocycles. The molecule has 5 nitrogen and oxygen atoms in total. The molecule has 1 atom stereocenters. The maximum atomic E-state index is 8.76. The number of hydrogen-bond acceptors (Lipinski definition) is 5. The number of hydrogen-bond donors (Lipinski definition) is 1. The van der Waals surface area contributed by atoms with Gasteiger partial charge in [0.1, 0.15) is 13.2 Å². The summed E-state index contributed by atoms with van der Waals surface area (Å²) < 4.78 is 16.5. The van der Waals surface area contributed by atoms with E-state index in [0.29, 0.717) is 37.7 Å². The van der Waals surface area contributed by atoms with Crippen LogP contribution in [0.4, 0.5) is 0 Å². The highest BCUT2D eigenvalue weighted by Crippen LogP contribution is 2.40. The zero-order valence-electron chi connectivity index (χ0n) is 11.9. The predicted molar refractivity (Wildman–Crippen MR) is 75.1 cm³/mol. The van der Waals surface area contributed by atoms with Crippen LogP contribution < -0.4 is 19.5 Å². The first-order valence-electron chi connectivity index (χ1n) is 6.85. The minimum absolute atomic E-state index is 0.208. The lowest BCUT2D eigenvalue weighted by molar-refractivity contribution is 0.165. The Bertz CT molecular complexity index is 479. The van der Waals surface area contributed by atoms with Crippen molar-refractivity contribution in [2.45, 2.75) is 32.4 Å². The van der Waals surface area contributed by atoms with Crippen LogP contribution in [0.5, 0.6) is 17.2 Å². The second kappa shape index (κ2) is 7.01. The van der Waals surface area contributed by atoms with Gasteiger partial charge in [0.25, 0.3) is 0 Å². The lowest BCUT2D eigenvalue weighted by Gasteiger charge is -2.22. The van der Waals surface area contributed by atoms with Gasteiger partial charge < -0.3 is 19.5 Å². The minimum atomic E-state index is 0.208. The van der Waals surface area contributed by atoms with Gasteiger partial charge in [-0.2, -0.15) is 5.26 Å². The number of ether oxygens (including phenoxy) is 3. The summed E-state index contributed by atoms with van der Waals surface area (Å²) in [6, 6.07) is 6.31. The first-order valence-corrected chi connectivity index (χ1v) is 6.85. The number of benzene rings is 1. The molecule has 1 aromatic carbocycles. The lowest BCUT2D eigenvalue weighted by Crippen LogP contribution is -2.27. The normalized spacial score (nSPS) is 14.4. The van der Waals surface area contributed by atoms with Crippen LogP contribution in [0.3, 0.4) is 0 Å². The van der Waals surface area contributed by atoms with Gasteiger partial charge in [0, 0.05) is 12.6 Å². The van der Waals surface area contributed by atoms with Crippen LogP contribution in [0.15, 0.2) is 12.1 Å². The van der Waals surface area contributed by atoms with Gasteiger partial charge in [0.05, 0.1) is 19.6 Å². The Morgan fingerprint density at radius 3 is 2.90 bits per heavy atom. The Labute approximate surface area is 119 Å². The molecule has 1 aromatic rings. The highest BCUT2D eigenvalue weighted by Gasteiger charge is 2.18. The molecule has 108 valence electrons. The SMILES string of the molecule is CCC(CC#N)NCc1cc(OC)c2c(c1)OCCO2. The topological polar surface area (TPSA) is 63.5 Å². The molecule has 20 heavy (non-hydrogen) atoms. The van der Waals surface area contributed by atoms with Crippen molar-refractivity contribution in [3.63, 3.8) is 0 Å². The summed E-state index contributed by atoms with van der Waals surface area (Å²) in [5.41, 5.74) is 1.06. The molecule has 2 rings (SSSR count). The second-order valence-corrected chi connectivity index (χ2v) is 4.67. The predicted octanol–water partition coefficient (Wildman–Crippen LogP) is 2.25. The Morgan fingerprint density at radius 2 is 2.20 bits per heavy atom. The summed E-state index contributed by atoms with van der Waals surface area (Å²) in [5.74, 6) is 2.08. The van der Waals surface area contributed by atoms with Gasteiger partial charge in [-0.15, -0.1) is 0 Å². The Morgan fingerprint density at radius 1 is 1.40 bits per heavy atom. The van der Waals surface area contributed by atoms with Crippen molar-refractivity contribution < 1.29 is 14.2 Å². The molecule has 1 aliphatic heterocycles. The van der Waals surface area contributed by atoms with Crippen molar-refractivity contribution in [1.82, 2.24) is 5.32 Å². The van der Waals surface area contributed by atoms with Gasteiger partial charge >= 0.3 is 0 Å². The van der Waals surface area contributed by atoms with Crippen molar-refractivity contribution in [2.75, 3.05) is 20.3 Å². The highest BCUT2D eigenvalue weighted by molar-refractivity contribution is 5.54. The Kier molecular flexibility index (Phi) is 5.08. The zero-order chi connectivity index (χ0) is 14.4. The number of nitrogens with one attached hydrogen (secondary N) is 1. The number of fused-ring (bicyclic) bond motifs is 1. The molecule has 1 heterocycles. The average Bonchev–Trinajstić information content (AvgIpc) is 2.50. The van der Waals surface area contributed by atoms with E-state index < -0.39 is 0 Å². The molecule has 1 aliphatic rings. The molecule has 0 bridgehead atoms. The van der Waals surface area contributed by atoms with E-state index in [1.54, 1.807) is 7.11 Å². The smallest absolute Gasteiger partial charge is 0.203 e. The third kappa shape index (κ3) is 3.34. The summed E-state index contributed by atoms with van der Waals surface area (Å²) in [6.07, 6.45) is 1.44. The van der Waals surface area contributed by atoms with Gasteiger partial charge in [-0.25, -0.2) is 0 Å². The number of rotatable bonds is 6. The lowest BCUT2D eigenvalue weighted by atomic mass is 10.1. The zero-order valence-corrected chi connectivity index (χ0v) is 11.9. The van der Waals surface area contributed by atoms with Crippen molar-refractivity contribution >= 4 is 0 Å². The van der Waals surface area contributed by atoms with E-state index in [0.717, 1.165) is 17.7 Å². The Hall–Kier alpha value is -1.93. The summed E-state index contributed by atoms with van der Waals surface area (Å²) in [4.78, 5) is 0. The fourth-order valence-corrected chi connectivity index (χ4v) is 2.16. The van der Waals surface area contributed by atoms with Crippen LogP contribution in [-0.2, 0) is 6.54 Å². The molecule has 0 aromatic heterocycles. The quantitative estimate of drug-likeness (QED) is 0.863. The summed E-state index contributed by atoms with van der Waals surface area (Å²) in [6.45, 7) is 3.84. The molecule has 0 fully saturated rings. The van der Waals surface area contributed by atoms with Gasteiger partial charge in [0.2, 0.25) is 5.75 Å². The van der Waals surface area contributed by atoms with Crippen molar-refractivity contribution in [2.24, 2.45) is 0 Å². The molecule has 1 N–H and O–H groups in total. The van der Waals surface area contributed by atoms with E-state index in [2.05, 4.69) is 18.3 Å². The molecule has 1 unspecified atom stereocenters. The van der Waals surface area contributed by atoms with Gasteiger partial charge in [-0.05, 0) is 24.1 Å². The van der Waals surface area contributed by atoms with E-state index in [-0.39, 0.29) is 6.04 Å². The van der Waals surface area contributed by atoms with E-state index in [1.807, 2.05) is 12.1 Å². The monoisotopic (exact) mass is 276 g/mol. The fraction of sp³-hybridized carbons (Fsp3) is 0.533. The van der Waals surface area contributed by atoms with Crippen LogP contribution in [-0.4, -0.2) is 26.4 Å². The van der Waals surface area contributed by atoms with Crippen molar-refractivity contribution in [3.05, 3.63) is 17.7 Å². The van der Waals surface area contributed by atoms with Crippen molar-refractivity contribution in [1.29, 1.82) is 5.26 Å². The molecule has 0 aliphatic carbocycles. The number of nitrogens with zero attached hydrogens (tertiary/aromatic N) is 1. The number of nitriles is 1. The Balaban J connectivity index is 2.10. The van der Waals surface area contributed by atoms with E-state index in [4.69, 9.17) is 19.5 Å². The van der Waals surface area contributed by atoms with Crippen LogP contribution in [0, 0.1) is 11.3 Å². The van der Waals surface area contributed by atoms with Crippen LogP contribution in [0.25, 0.3) is 0 Å². The first-order chi connectivity index (χ1) is 9.78. The summed E-state index contributed by atoms with van der Waals surface area (Å²) in [5, 5.41) is 12.1. The number of methoxy groups -OCH3 is 1. The second-order valence-electron chi connectivity index (χ2n) is 4.67. The van der Waals surface area contributed by atoms with Gasteiger partial charge in [-0.3, -0.25) is 0 Å². The molecule has 0 radical (unpaired) electrons. The maximum absolute atomic E-state index is 8.76. The average molecular weight is 276 g/mol. The molecule has 5 heteroatoms. The third-order valence-electron chi connectivity index (χ3n) is 3.31. The highest BCUT2D eigenvalue weighted by atomic mass is 16.6.